The van der Waals surface area contributed by atoms with Gasteiger partial charge in [0.2, 0.25) is 0 Å². The molecule has 1 aromatic heterocycles. The van der Waals surface area contributed by atoms with E-state index in [0.29, 0.717) is 0 Å². The first kappa shape index (κ1) is 12.1. The lowest BCUT2D eigenvalue weighted by Gasteiger charge is -1.98. The maximum absolute atomic E-state index is 11.0. The third-order valence-electron chi connectivity index (χ3n) is 1.31. The van der Waals surface area contributed by atoms with Crippen LogP contribution in [0.15, 0.2) is 15.8 Å². The number of nitrogens with one attached hydrogen (secondary N) is 2. The molecular weight excluding hydrogens is 192 g/mol. The SMILES string of the molecule is CCOC(=O)c1c[nH]c(=O)[nH]c1=O.O. The van der Waals surface area contributed by atoms with E-state index in [2.05, 4.69) is 9.72 Å². The van der Waals surface area contributed by atoms with Gasteiger partial charge in [-0.3, -0.25) is 9.78 Å². The number of ether oxygens (including phenoxy) is 1. The summed E-state index contributed by atoms with van der Waals surface area (Å²) in [7, 11) is 0. The molecule has 0 aliphatic heterocycles. The Bertz CT molecular complexity index is 419. The average molecular weight is 202 g/mol. The highest BCUT2D eigenvalue weighted by Crippen LogP contribution is 1.89. The minimum atomic E-state index is -0.750. The molecule has 0 radical (unpaired) electrons. The van der Waals surface area contributed by atoms with Gasteiger partial charge in [-0.2, -0.15) is 0 Å². The minimum Gasteiger partial charge on any atom is -0.462 e. The van der Waals surface area contributed by atoms with Crippen LogP contribution < -0.4 is 11.2 Å². The molecule has 0 saturated heterocycles. The van der Waals surface area contributed by atoms with Crippen molar-refractivity contribution in [3.05, 3.63) is 32.6 Å². The topological polar surface area (TPSA) is 124 Å². The molecule has 0 atom stereocenters. The monoisotopic (exact) mass is 202 g/mol. The molecule has 1 heterocycles. The first-order valence-corrected chi connectivity index (χ1v) is 3.64. The van der Waals surface area contributed by atoms with Crippen LogP contribution in [0.4, 0.5) is 0 Å². The van der Waals surface area contributed by atoms with Crippen molar-refractivity contribution in [3.63, 3.8) is 0 Å². The molecule has 0 bridgehead atoms. The van der Waals surface area contributed by atoms with E-state index in [1.165, 1.54) is 0 Å². The lowest BCUT2D eigenvalue weighted by atomic mass is 10.3. The van der Waals surface area contributed by atoms with Gasteiger partial charge in [0.05, 0.1) is 6.61 Å². The fourth-order valence-electron chi connectivity index (χ4n) is 0.770. The molecule has 7 nitrogen and oxygen atoms in total. The van der Waals surface area contributed by atoms with Gasteiger partial charge in [-0.25, -0.2) is 9.59 Å². The van der Waals surface area contributed by atoms with Gasteiger partial charge in [-0.05, 0) is 6.92 Å². The zero-order valence-corrected chi connectivity index (χ0v) is 7.42. The Hall–Kier alpha value is -1.89. The standard InChI is InChI=1S/C7H8N2O4.H2O/c1-2-13-6(11)4-3-8-7(12)9-5(4)10;/h3H,2H2,1H3,(H2,8,9,10,12);1H2. The number of rotatable bonds is 2. The average Bonchev–Trinajstić information content (AvgIpc) is 2.04. The van der Waals surface area contributed by atoms with E-state index in [9.17, 15) is 14.4 Å². The maximum atomic E-state index is 11.0. The minimum absolute atomic E-state index is 0. The van der Waals surface area contributed by atoms with Gasteiger partial charge in [0.15, 0.2) is 0 Å². The second-order valence-corrected chi connectivity index (χ2v) is 2.21. The molecule has 0 aromatic carbocycles. The molecule has 0 saturated carbocycles. The van der Waals surface area contributed by atoms with E-state index < -0.39 is 17.2 Å². The summed E-state index contributed by atoms with van der Waals surface area (Å²) in [6, 6.07) is 0. The van der Waals surface area contributed by atoms with Gasteiger partial charge in [-0.1, -0.05) is 0 Å². The summed E-state index contributed by atoms with van der Waals surface area (Å²) >= 11 is 0. The van der Waals surface area contributed by atoms with Crippen molar-refractivity contribution in [2.24, 2.45) is 0 Å². The Labute approximate surface area is 78.0 Å². The van der Waals surface area contributed by atoms with E-state index in [1.54, 1.807) is 6.92 Å². The summed E-state index contributed by atoms with van der Waals surface area (Å²) in [6.45, 7) is 1.80. The van der Waals surface area contributed by atoms with Gasteiger partial charge in [0.1, 0.15) is 5.56 Å². The van der Waals surface area contributed by atoms with Crippen molar-refractivity contribution in [2.45, 2.75) is 6.92 Å². The third-order valence-corrected chi connectivity index (χ3v) is 1.31. The van der Waals surface area contributed by atoms with Crippen molar-refractivity contribution in [1.29, 1.82) is 0 Å². The molecule has 14 heavy (non-hydrogen) atoms. The first-order valence-electron chi connectivity index (χ1n) is 3.64. The number of hydrogen-bond donors (Lipinski definition) is 2. The zero-order chi connectivity index (χ0) is 9.84. The normalized spacial score (nSPS) is 8.93. The van der Waals surface area contributed by atoms with Crippen molar-refractivity contribution in [1.82, 2.24) is 9.97 Å². The highest BCUT2D eigenvalue weighted by Gasteiger charge is 2.10. The van der Waals surface area contributed by atoms with E-state index >= 15 is 0 Å². The van der Waals surface area contributed by atoms with Gasteiger partial charge < -0.3 is 15.2 Å². The zero-order valence-electron chi connectivity index (χ0n) is 7.42. The Morgan fingerprint density at radius 3 is 2.64 bits per heavy atom. The lowest BCUT2D eigenvalue weighted by molar-refractivity contribution is 0.0523. The first-order chi connectivity index (χ1) is 6.15. The Kier molecular flexibility index (Phi) is 4.30. The molecule has 0 amide bonds. The summed E-state index contributed by atoms with van der Waals surface area (Å²) in [5.41, 5.74) is -1.61. The van der Waals surface area contributed by atoms with Crippen LogP contribution in [0, 0.1) is 0 Å². The van der Waals surface area contributed by atoms with Crippen LogP contribution in [0.1, 0.15) is 17.3 Å². The van der Waals surface area contributed by atoms with E-state index in [-0.39, 0.29) is 17.6 Å². The number of esters is 1. The summed E-state index contributed by atoms with van der Waals surface area (Å²) < 4.78 is 4.57. The van der Waals surface area contributed by atoms with Gasteiger partial charge in [-0.15, -0.1) is 0 Å². The van der Waals surface area contributed by atoms with Crippen LogP contribution in [0.3, 0.4) is 0 Å². The predicted molar refractivity (Wildman–Crippen MR) is 47.3 cm³/mol. The van der Waals surface area contributed by atoms with Crippen LogP contribution in [-0.2, 0) is 4.74 Å². The van der Waals surface area contributed by atoms with Crippen LogP contribution >= 0.6 is 0 Å². The van der Waals surface area contributed by atoms with Gasteiger partial charge in [0, 0.05) is 6.20 Å². The predicted octanol–water partition coefficient (Wildman–Crippen LogP) is -1.58. The number of aromatic amines is 2. The van der Waals surface area contributed by atoms with E-state index in [4.69, 9.17) is 0 Å². The molecule has 1 aromatic rings. The van der Waals surface area contributed by atoms with E-state index in [1.807, 2.05) is 4.98 Å². The van der Waals surface area contributed by atoms with Crippen molar-refractivity contribution in [3.8, 4) is 0 Å². The molecular formula is C7H10N2O5. The smallest absolute Gasteiger partial charge is 0.345 e. The largest absolute Gasteiger partial charge is 0.462 e. The second kappa shape index (κ2) is 4.97. The highest BCUT2D eigenvalue weighted by molar-refractivity contribution is 5.88. The molecule has 0 aliphatic carbocycles. The van der Waals surface area contributed by atoms with Crippen molar-refractivity contribution in [2.75, 3.05) is 6.61 Å². The number of carbonyl (C=O) groups is 1. The Morgan fingerprint density at radius 1 is 1.50 bits per heavy atom. The summed E-state index contributed by atoms with van der Waals surface area (Å²) in [6.07, 6.45) is 1.03. The molecule has 0 unspecified atom stereocenters. The highest BCUT2D eigenvalue weighted by atomic mass is 16.5. The molecule has 7 heteroatoms. The lowest BCUT2D eigenvalue weighted by Crippen LogP contribution is -2.27. The van der Waals surface area contributed by atoms with Crippen LogP contribution in [0.25, 0.3) is 0 Å². The van der Waals surface area contributed by atoms with Crippen LogP contribution in [-0.4, -0.2) is 28.0 Å². The van der Waals surface area contributed by atoms with Crippen molar-refractivity contribution < 1.29 is 15.0 Å². The molecule has 78 valence electrons. The van der Waals surface area contributed by atoms with E-state index in [0.717, 1.165) is 6.20 Å². The van der Waals surface area contributed by atoms with Crippen molar-refractivity contribution >= 4 is 5.97 Å². The number of aromatic nitrogens is 2. The third kappa shape index (κ3) is 2.56. The quantitative estimate of drug-likeness (QED) is 0.561. The summed E-state index contributed by atoms with van der Waals surface area (Å²) in [5.74, 6) is -0.750. The number of hydrogen-bond acceptors (Lipinski definition) is 4. The Balaban J connectivity index is 0.00000169. The molecule has 0 aliphatic rings. The summed E-state index contributed by atoms with van der Waals surface area (Å²) in [5, 5.41) is 0. The van der Waals surface area contributed by atoms with Crippen LogP contribution in [0.5, 0.6) is 0 Å². The number of carbonyl (C=O) groups excluding carboxylic acids is 1. The number of H-pyrrole nitrogens is 2. The summed E-state index contributed by atoms with van der Waals surface area (Å²) in [4.78, 5) is 36.6. The molecule has 4 N–H and O–H groups in total. The van der Waals surface area contributed by atoms with Crippen LogP contribution in [0.2, 0.25) is 0 Å². The fraction of sp³-hybridized carbons (Fsp3) is 0.286. The Morgan fingerprint density at radius 2 is 2.14 bits per heavy atom. The molecule has 0 fully saturated rings. The molecule has 0 spiro atoms. The van der Waals surface area contributed by atoms with Gasteiger partial charge >= 0.3 is 11.7 Å². The van der Waals surface area contributed by atoms with Gasteiger partial charge in [0.25, 0.3) is 5.56 Å². The maximum Gasteiger partial charge on any atom is 0.345 e. The second-order valence-electron chi connectivity index (χ2n) is 2.21. The molecule has 1 rings (SSSR count). The fourth-order valence-corrected chi connectivity index (χ4v) is 0.770.